The molecule has 1 aromatic heterocycles. The van der Waals surface area contributed by atoms with E-state index >= 15 is 0 Å². The van der Waals surface area contributed by atoms with Crippen LogP contribution >= 0.6 is 11.3 Å². The van der Waals surface area contributed by atoms with Gasteiger partial charge in [-0.2, -0.15) is 0 Å². The molecule has 2 rings (SSSR count). The highest BCUT2D eigenvalue weighted by molar-refractivity contribution is 7.12. The number of rotatable bonds is 5. The van der Waals surface area contributed by atoms with E-state index in [9.17, 15) is 14.4 Å². The molecule has 0 radical (unpaired) electrons. The SMILES string of the molecule is CCCN1CCN(CC(=O)c2cccs2)C(=O)C1=O. The second-order valence-corrected chi connectivity index (χ2v) is 5.37. The van der Waals surface area contributed by atoms with E-state index in [1.807, 2.05) is 12.3 Å². The average molecular weight is 280 g/mol. The first-order valence-corrected chi connectivity index (χ1v) is 7.16. The number of amides is 2. The Balaban J connectivity index is 1.98. The summed E-state index contributed by atoms with van der Waals surface area (Å²) in [5.41, 5.74) is 0. The van der Waals surface area contributed by atoms with Crippen LogP contribution < -0.4 is 0 Å². The van der Waals surface area contributed by atoms with E-state index < -0.39 is 11.8 Å². The molecule has 0 spiro atoms. The lowest BCUT2D eigenvalue weighted by atomic mass is 10.2. The number of hydrogen-bond donors (Lipinski definition) is 0. The Bertz CT molecular complexity index is 484. The molecule has 19 heavy (non-hydrogen) atoms. The van der Waals surface area contributed by atoms with Crippen LogP contribution in [-0.4, -0.2) is 53.6 Å². The van der Waals surface area contributed by atoms with E-state index in [4.69, 9.17) is 0 Å². The van der Waals surface area contributed by atoms with Crippen molar-refractivity contribution in [2.45, 2.75) is 13.3 Å². The van der Waals surface area contributed by atoms with Gasteiger partial charge in [-0.3, -0.25) is 14.4 Å². The highest BCUT2D eigenvalue weighted by Crippen LogP contribution is 2.12. The minimum atomic E-state index is -0.565. The number of piperazine rings is 1. The monoisotopic (exact) mass is 280 g/mol. The Kier molecular flexibility index (Phi) is 4.31. The summed E-state index contributed by atoms with van der Waals surface area (Å²) in [6.07, 6.45) is 0.827. The highest BCUT2D eigenvalue weighted by Gasteiger charge is 2.33. The maximum absolute atomic E-state index is 11.9. The molecule has 1 fully saturated rings. The van der Waals surface area contributed by atoms with Gasteiger partial charge in [0.25, 0.3) is 0 Å². The number of hydrogen-bond acceptors (Lipinski definition) is 4. The molecular weight excluding hydrogens is 264 g/mol. The van der Waals surface area contributed by atoms with E-state index in [1.165, 1.54) is 16.2 Å². The summed E-state index contributed by atoms with van der Waals surface area (Å²) < 4.78 is 0. The number of carbonyl (C=O) groups excluding carboxylic acids is 3. The van der Waals surface area contributed by atoms with Gasteiger partial charge in [0.05, 0.1) is 11.4 Å². The molecule has 1 aliphatic rings. The van der Waals surface area contributed by atoms with Crippen molar-refractivity contribution in [2.75, 3.05) is 26.2 Å². The van der Waals surface area contributed by atoms with Crippen molar-refractivity contribution in [3.8, 4) is 0 Å². The molecule has 0 aromatic carbocycles. The Labute approximate surface area is 115 Å². The minimum absolute atomic E-state index is 0.00888. The van der Waals surface area contributed by atoms with Crippen LogP contribution in [0.5, 0.6) is 0 Å². The van der Waals surface area contributed by atoms with Crippen LogP contribution in [0, 0.1) is 0 Å². The van der Waals surface area contributed by atoms with Crippen LogP contribution in [0.2, 0.25) is 0 Å². The summed E-state index contributed by atoms with van der Waals surface area (Å²) in [7, 11) is 0. The van der Waals surface area contributed by atoms with Crippen molar-refractivity contribution in [3.63, 3.8) is 0 Å². The summed E-state index contributed by atoms with van der Waals surface area (Å²) in [6, 6.07) is 3.52. The zero-order valence-electron chi connectivity index (χ0n) is 10.8. The number of thiophene rings is 1. The number of nitrogens with zero attached hydrogens (tertiary/aromatic N) is 2. The van der Waals surface area contributed by atoms with Gasteiger partial charge in [0.15, 0.2) is 5.78 Å². The Morgan fingerprint density at radius 2 is 1.95 bits per heavy atom. The van der Waals surface area contributed by atoms with Crippen LogP contribution in [0.1, 0.15) is 23.0 Å². The molecule has 0 unspecified atom stereocenters. The van der Waals surface area contributed by atoms with Crippen LogP contribution in [-0.2, 0) is 9.59 Å². The first-order chi connectivity index (χ1) is 9.13. The molecule has 1 saturated heterocycles. The summed E-state index contributed by atoms with van der Waals surface area (Å²) in [4.78, 5) is 39.2. The number of carbonyl (C=O) groups is 3. The van der Waals surface area contributed by atoms with Crippen LogP contribution in [0.4, 0.5) is 0 Å². The van der Waals surface area contributed by atoms with Gasteiger partial charge in [-0.1, -0.05) is 13.0 Å². The second kappa shape index (κ2) is 5.97. The maximum Gasteiger partial charge on any atom is 0.312 e. The predicted molar refractivity (Wildman–Crippen MR) is 72.1 cm³/mol. The van der Waals surface area contributed by atoms with Crippen molar-refractivity contribution in [3.05, 3.63) is 22.4 Å². The molecule has 0 aliphatic carbocycles. The van der Waals surface area contributed by atoms with Gasteiger partial charge in [-0.25, -0.2) is 0 Å². The molecular formula is C13H16N2O3S. The summed E-state index contributed by atoms with van der Waals surface area (Å²) in [5.74, 6) is -1.17. The van der Waals surface area contributed by atoms with Crippen molar-refractivity contribution >= 4 is 28.9 Å². The molecule has 0 N–H and O–H groups in total. The van der Waals surface area contributed by atoms with Crippen molar-refractivity contribution < 1.29 is 14.4 Å². The third-order valence-electron chi connectivity index (χ3n) is 3.02. The second-order valence-electron chi connectivity index (χ2n) is 4.42. The Morgan fingerprint density at radius 3 is 2.58 bits per heavy atom. The topological polar surface area (TPSA) is 57.7 Å². The molecule has 102 valence electrons. The van der Waals surface area contributed by atoms with Gasteiger partial charge in [-0.05, 0) is 17.9 Å². The van der Waals surface area contributed by atoms with Crippen LogP contribution in [0.25, 0.3) is 0 Å². The Hall–Kier alpha value is -1.69. The molecule has 0 atom stereocenters. The fourth-order valence-electron chi connectivity index (χ4n) is 2.04. The largest absolute Gasteiger partial charge is 0.333 e. The predicted octanol–water partition coefficient (Wildman–Crippen LogP) is 1.01. The molecule has 6 heteroatoms. The number of Topliss-reactive ketones (excluding diaryl/α,β-unsaturated/α-hetero) is 1. The average Bonchev–Trinajstić information content (AvgIpc) is 2.92. The minimum Gasteiger partial charge on any atom is -0.333 e. The fourth-order valence-corrected chi connectivity index (χ4v) is 2.69. The highest BCUT2D eigenvalue weighted by atomic mass is 32.1. The van der Waals surface area contributed by atoms with E-state index in [0.717, 1.165) is 6.42 Å². The van der Waals surface area contributed by atoms with Gasteiger partial charge in [-0.15, -0.1) is 11.3 Å². The summed E-state index contributed by atoms with van der Waals surface area (Å²) >= 11 is 1.35. The lowest BCUT2D eigenvalue weighted by molar-refractivity contribution is -0.155. The quantitative estimate of drug-likeness (QED) is 0.597. The van der Waals surface area contributed by atoms with E-state index in [1.54, 1.807) is 17.0 Å². The fraction of sp³-hybridized carbons (Fsp3) is 0.462. The van der Waals surface area contributed by atoms with Crippen molar-refractivity contribution in [1.82, 2.24) is 9.80 Å². The third-order valence-corrected chi connectivity index (χ3v) is 3.93. The van der Waals surface area contributed by atoms with Crippen molar-refractivity contribution in [1.29, 1.82) is 0 Å². The molecule has 1 aromatic rings. The molecule has 2 amide bonds. The smallest absolute Gasteiger partial charge is 0.312 e. The van der Waals surface area contributed by atoms with Gasteiger partial charge < -0.3 is 9.80 Å². The normalized spacial score (nSPS) is 16.1. The molecule has 2 heterocycles. The first kappa shape index (κ1) is 13.7. The van der Waals surface area contributed by atoms with E-state index in [-0.39, 0.29) is 12.3 Å². The standard InChI is InChI=1S/C13H16N2O3S/c1-2-5-14-6-7-15(13(18)12(14)17)9-10(16)11-4-3-8-19-11/h3-4,8H,2,5-7,9H2,1H3. The van der Waals surface area contributed by atoms with Gasteiger partial charge in [0, 0.05) is 19.6 Å². The third kappa shape index (κ3) is 3.01. The lowest BCUT2D eigenvalue weighted by Gasteiger charge is -2.33. The first-order valence-electron chi connectivity index (χ1n) is 6.28. The van der Waals surface area contributed by atoms with E-state index in [0.29, 0.717) is 24.5 Å². The molecule has 5 nitrogen and oxygen atoms in total. The summed E-state index contributed by atoms with van der Waals surface area (Å²) in [6.45, 7) is 3.49. The van der Waals surface area contributed by atoms with Crippen LogP contribution in [0.15, 0.2) is 17.5 Å². The zero-order valence-corrected chi connectivity index (χ0v) is 11.6. The van der Waals surface area contributed by atoms with Crippen molar-refractivity contribution in [2.24, 2.45) is 0 Å². The molecule has 0 bridgehead atoms. The molecule has 1 aliphatic heterocycles. The zero-order chi connectivity index (χ0) is 13.8. The van der Waals surface area contributed by atoms with Gasteiger partial charge in [0.1, 0.15) is 0 Å². The van der Waals surface area contributed by atoms with Gasteiger partial charge in [0.2, 0.25) is 0 Å². The van der Waals surface area contributed by atoms with Gasteiger partial charge >= 0.3 is 11.8 Å². The number of ketones is 1. The lowest BCUT2D eigenvalue weighted by Crippen LogP contribution is -2.55. The van der Waals surface area contributed by atoms with Crippen LogP contribution in [0.3, 0.4) is 0 Å². The Morgan fingerprint density at radius 1 is 1.26 bits per heavy atom. The maximum atomic E-state index is 11.9. The molecule has 0 saturated carbocycles. The summed E-state index contributed by atoms with van der Waals surface area (Å²) in [5, 5.41) is 1.82. The van der Waals surface area contributed by atoms with E-state index in [2.05, 4.69) is 0 Å².